The third-order valence-corrected chi connectivity index (χ3v) is 4.54. The Bertz CT molecular complexity index is 484. The van der Waals surface area contributed by atoms with Crippen LogP contribution < -0.4 is 0 Å². The Labute approximate surface area is 134 Å². The lowest BCUT2D eigenvalue weighted by atomic mass is 10.1. The predicted molar refractivity (Wildman–Crippen MR) is 85.4 cm³/mol. The topological polar surface area (TPSA) is 38.8 Å². The first-order valence-electron chi connectivity index (χ1n) is 7.34. The van der Waals surface area contributed by atoms with E-state index >= 15 is 0 Å². The van der Waals surface area contributed by atoms with Crippen LogP contribution in [0.15, 0.2) is 22.7 Å². The van der Waals surface area contributed by atoms with Gasteiger partial charge in [0.15, 0.2) is 0 Å². The number of halogens is 1. The van der Waals surface area contributed by atoms with Crippen LogP contribution in [-0.2, 0) is 16.0 Å². The molecule has 5 heteroatoms. The van der Waals surface area contributed by atoms with Crippen molar-refractivity contribution in [2.45, 2.75) is 32.4 Å². The monoisotopic (exact) mass is 355 g/mol. The molecule has 1 aliphatic rings. The minimum absolute atomic E-state index is 0.306. The van der Waals surface area contributed by atoms with Gasteiger partial charge in [-0.3, -0.25) is 4.90 Å². The zero-order valence-electron chi connectivity index (χ0n) is 12.6. The van der Waals surface area contributed by atoms with Gasteiger partial charge in [-0.25, -0.2) is 4.79 Å². The van der Waals surface area contributed by atoms with Crippen molar-refractivity contribution in [2.24, 2.45) is 0 Å². The molecule has 0 atom stereocenters. The van der Waals surface area contributed by atoms with E-state index < -0.39 is 0 Å². The predicted octanol–water partition coefficient (Wildman–Crippen LogP) is 3.24. The van der Waals surface area contributed by atoms with Gasteiger partial charge in [-0.05, 0) is 37.5 Å². The van der Waals surface area contributed by atoms with Crippen molar-refractivity contribution in [3.8, 4) is 0 Å². The number of hydrogen-bond donors (Lipinski definition) is 0. The van der Waals surface area contributed by atoms with Crippen LogP contribution >= 0.6 is 15.9 Å². The largest absolute Gasteiger partial charge is 0.465 e. The summed E-state index contributed by atoms with van der Waals surface area (Å²) in [6, 6.07) is 5.64. The highest BCUT2D eigenvalue weighted by molar-refractivity contribution is 9.10. The van der Waals surface area contributed by atoms with E-state index in [1.54, 1.807) is 0 Å². The third kappa shape index (κ3) is 4.53. The number of nitrogens with zero attached hydrogens (tertiary/aromatic N) is 1. The second kappa shape index (κ2) is 7.92. The van der Waals surface area contributed by atoms with Gasteiger partial charge in [-0.2, -0.15) is 0 Å². The van der Waals surface area contributed by atoms with Gasteiger partial charge in [0.25, 0.3) is 0 Å². The van der Waals surface area contributed by atoms with E-state index in [4.69, 9.17) is 9.47 Å². The SMILES string of the molecule is CCOC1CCN(Cc2ccc(C(=O)OC)cc2Br)CC1. The van der Waals surface area contributed by atoms with Gasteiger partial charge in [0.1, 0.15) is 0 Å². The summed E-state index contributed by atoms with van der Waals surface area (Å²) in [6.07, 6.45) is 2.59. The molecule has 21 heavy (non-hydrogen) atoms. The zero-order chi connectivity index (χ0) is 15.2. The molecule has 1 fully saturated rings. The van der Waals surface area contributed by atoms with Crippen molar-refractivity contribution in [3.63, 3.8) is 0 Å². The number of carbonyl (C=O) groups excluding carboxylic acids is 1. The molecule has 0 bridgehead atoms. The normalized spacial score (nSPS) is 16.9. The maximum Gasteiger partial charge on any atom is 0.337 e. The second-order valence-electron chi connectivity index (χ2n) is 5.23. The summed E-state index contributed by atoms with van der Waals surface area (Å²) in [5.41, 5.74) is 1.76. The minimum atomic E-state index is -0.306. The van der Waals surface area contributed by atoms with Crippen molar-refractivity contribution < 1.29 is 14.3 Å². The number of methoxy groups -OCH3 is 1. The molecule has 1 aromatic carbocycles. The fraction of sp³-hybridized carbons (Fsp3) is 0.562. The number of carbonyl (C=O) groups is 1. The Morgan fingerprint density at radius 2 is 2.10 bits per heavy atom. The average molecular weight is 356 g/mol. The number of ether oxygens (including phenoxy) is 2. The molecule has 0 unspecified atom stereocenters. The lowest BCUT2D eigenvalue weighted by molar-refractivity contribution is 0.0125. The maximum atomic E-state index is 11.5. The molecule has 0 aromatic heterocycles. The molecule has 1 aliphatic heterocycles. The van der Waals surface area contributed by atoms with Crippen LogP contribution in [0.5, 0.6) is 0 Å². The van der Waals surface area contributed by atoms with E-state index in [2.05, 4.69) is 20.8 Å². The summed E-state index contributed by atoms with van der Waals surface area (Å²) < 4.78 is 11.4. The van der Waals surface area contributed by atoms with E-state index in [1.807, 2.05) is 25.1 Å². The van der Waals surface area contributed by atoms with E-state index in [0.29, 0.717) is 11.7 Å². The standard InChI is InChI=1S/C16H22BrNO3/c1-3-21-14-6-8-18(9-7-14)11-13-5-4-12(10-15(13)17)16(19)20-2/h4-5,10,14H,3,6-9,11H2,1-2H3. The number of piperidine rings is 1. The first-order valence-corrected chi connectivity index (χ1v) is 8.14. The number of hydrogen-bond acceptors (Lipinski definition) is 4. The van der Waals surface area contributed by atoms with Crippen LogP contribution in [0.25, 0.3) is 0 Å². The molecule has 116 valence electrons. The van der Waals surface area contributed by atoms with Crippen LogP contribution in [0.3, 0.4) is 0 Å². The van der Waals surface area contributed by atoms with Crippen LogP contribution in [0.4, 0.5) is 0 Å². The Hall–Kier alpha value is -0.910. The van der Waals surface area contributed by atoms with Crippen LogP contribution in [0.2, 0.25) is 0 Å². The first-order chi connectivity index (χ1) is 10.1. The summed E-state index contributed by atoms with van der Waals surface area (Å²) in [5, 5.41) is 0. The lowest BCUT2D eigenvalue weighted by Crippen LogP contribution is -2.36. The Morgan fingerprint density at radius 1 is 1.38 bits per heavy atom. The maximum absolute atomic E-state index is 11.5. The lowest BCUT2D eigenvalue weighted by Gasteiger charge is -2.31. The number of rotatable bonds is 5. The van der Waals surface area contributed by atoms with Gasteiger partial charge in [0.2, 0.25) is 0 Å². The molecule has 1 heterocycles. The van der Waals surface area contributed by atoms with Gasteiger partial charge in [0, 0.05) is 30.7 Å². The Balaban J connectivity index is 1.93. The van der Waals surface area contributed by atoms with Crippen molar-refractivity contribution in [1.29, 1.82) is 0 Å². The van der Waals surface area contributed by atoms with Gasteiger partial charge >= 0.3 is 5.97 Å². The molecule has 1 aromatic rings. The molecular weight excluding hydrogens is 334 g/mol. The highest BCUT2D eigenvalue weighted by Gasteiger charge is 2.20. The fourth-order valence-electron chi connectivity index (χ4n) is 2.63. The van der Waals surface area contributed by atoms with E-state index in [-0.39, 0.29) is 5.97 Å². The molecular formula is C16H22BrNO3. The quantitative estimate of drug-likeness (QED) is 0.760. The van der Waals surface area contributed by atoms with Crippen LogP contribution in [-0.4, -0.2) is 43.8 Å². The highest BCUT2D eigenvalue weighted by Crippen LogP contribution is 2.23. The number of benzene rings is 1. The molecule has 0 N–H and O–H groups in total. The van der Waals surface area contributed by atoms with Crippen molar-refractivity contribution >= 4 is 21.9 Å². The van der Waals surface area contributed by atoms with E-state index in [1.165, 1.54) is 12.7 Å². The minimum Gasteiger partial charge on any atom is -0.465 e. The number of likely N-dealkylation sites (tertiary alicyclic amines) is 1. The second-order valence-corrected chi connectivity index (χ2v) is 6.08. The van der Waals surface area contributed by atoms with E-state index in [9.17, 15) is 4.79 Å². The Morgan fingerprint density at radius 3 is 2.67 bits per heavy atom. The summed E-state index contributed by atoms with van der Waals surface area (Å²) in [7, 11) is 1.40. The molecule has 0 aliphatic carbocycles. The van der Waals surface area contributed by atoms with Gasteiger partial charge in [0.05, 0.1) is 18.8 Å². The zero-order valence-corrected chi connectivity index (χ0v) is 14.2. The third-order valence-electron chi connectivity index (χ3n) is 3.81. The molecule has 0 amide bonds. The van der Waals surface area contributed by atoms with Gasteiger partial charge in [-0.15, -0.1) is 0 Å². The summed E-state index contributed by atoms with van der Waals surface area (Å²) in [5.74, 6) is -0.306. The van der Waals surface area contributed by atoms with Crippen LogP contribution in [0.1, 0.15) is 35.7 Å². The van der Waals surface area contributed by atoms with Crippen molar-refractivity contribution in [1.82, 2.24) is 4.90 Å². The smallest absolute Gasteiger partial charge is 0.337 e. The molecule has 0 spiro atoms. The molecule has 1 saturated heterocycles. The van der Waals surface area contributed by atoms with Gasteiger partial charge < -0.3 is 9.47 Å². The molecule has 0 saturated carbocycles. The molecule has 2 rings (SSSR count). The summed E-state index contributed by atoms with van der Waals surface area (Å²) in [6.45, 7) is 5.84. The summed E-state index contributed by atoms with van der Waals surface area (Å²) in [4.78, 5) is 13.9. The Kier molecular flexibility index (Phi) is 6.21. The van der Waals surface area contributed by atoms with Crippen molar-refractivity contribution in [2.75, 3.05) is 26.8 Å². The highest BCUT2D eigenvalue weighted by atomic mass is 79.9. The summed E-state index contributed by atoms with van der Waals surface area (Å²) >= 11 is 3.55. The van der Waals surface area contributed by atoms with Crippen LogP contribution in [0, 0.1) is 0 Å². The number of esters is 1. The van der Waals surface area contributed by atoms with E-state index in [0.717, 1.165) is 43.6 Å². The molecule has 4 nitrogen and oxygen atoms in total. The van der Waals surface area contributed by atoms with Crippen molar-refractivity contribution in [3.05, 3.63) is 33.8 Å². The first kappa shape index (κ1) is 16.5. The van der Waals surface area contributed by atoms with Gasteiger partial charge in [-0.1, -0.05) is 22.0 Å². The molecule has 0 radical (unpaired) electrons. The average Bonchev–Trinajstić information content (AvgIpc) is 2.50. The fourth-order valence-corrected chi connectivity index (χ4v) is 3.14.